The van der Waals surface area contributed by atoms with Crippen LogP contribution in [0.4, 0.5) is 0 Å². The van der Waals surface area contributed by atoms with Crippen molar-refractivity contribution < 1.29 is 23.8 Å². The largest absolute Gasteiger partial charge is 0.484 e. The van der Waals surface area contributed by atoms with Gasteiger partial charge in [0, 0.05) is 17.5 Å². The summed E-state index contributed by atoms with van der Waals surface area (Å²) in [5, 5.41) is 15.4. The summed E-state index contributed by atoms with van der Waals surface area (Å²) < 4.78 is 10.6. The minimum absolute atomic E-state index is 0.0245. The van der Waals surface area contributed by atoms with Gasteiger partial charge >= 0.3 is 5.63 Å². The molecular formula is C20H23ClN2O6. The fourth-order valence-corrected chi connectivity index (χ4v) is 3.49. The summed E-state index contributed by atoms with van der Waals surface area (Å²) in [6, 6.07) is 3.84. The predicted molar refractivity (Wildman–Crippen MR) is 107 cm³/mol. The first-order valence-corrected chi connectivity index (χ1v) is 9.83. The Hall–Kier alpha value is -2.58. The molecule has 1 heterocycles. The fourth-order valence-electron chi connectivity index (χ4n) is 3.35. The lowest BCUT2D eigenvalue weighted by Gasteiger charge is -2.19. The third-order valence-electron chi connectivity index (χ3n) is 4.97. The van der Waals surface area contributed by atoms with E-state index in [4.69, 9.17) is 20.8 Å². The Morgan fingerprint density at radius 1 is 1.34 bits per heavy atom. The number of nitrogens with one attached hydrogen (secondary N) is 2. The molecule has 156 valence electrons. The average Bonchev–Trinajstić information content (AvgIpc) is 3.21. The van der Waals surface area contributed by atoms with Gasteiger partial charge in [0.2, 0.25) is 5.91 Å². The molecule has 2 amide bonds. The summed E-state index contributed by atoms with van der Waals surface area (Å²) in [6.07, 6.45) is 3.94. The van der Waals surface area contributed by atoms with Gasteiger partial charge in [0.15, 0.2) is 6.61 Å². The molecule has 1 aliphatic rings. The highest BCUT2D eigenvalue weighted by atomic mass is 35.5. The van der Waals surface area contributed by atoms with Crippen molar-refractivity contribution in [2.75, 3.05) is 13.2 Å². The molecule has 1 atom stereocenters. The van der Waals surface area contributed by atoms with Gasteiger partial charge < -0.3 is 24.9 Å². The van der Waals surface area contributed by atoms with Crippen molar-refractivity contribution in [1.29, 1.82) is 0 Å². The number of amides is 2. The van der Waals surface area contributed by atoms with E-state index in [0.29, 0.717) is 22.3 Å². The average molecular weight is 423 g/mol. The summed E-state index contributed by atoms with van der Waals surface area (Å²) in [6.45, 7) is 0.836. The number of ether oxygens (including phenoxy) is 1. The molecule has 2 aromatic rings. The van der Waals surface area contributed by atoms with Crippen LogP contribution in [0.25, 0.3) is 11.0 Å². The van der Waals surface area contributed by atoms with E-state index in [9.17, 15) is 19.5 Å². The molecular weight excluding hydrogens is 400 g/mol. The maximum absolute atomic E-state index is 12.2. The zero-order chi connectivity index (χ0) is 21.0. The molecule has 0 spiro atoms. The maximum atomic E-state index is 12.2. The molecule has 3 rings (SSSR count). The molecule has 1 fully saturated rings. The zero-order valence-electron chi connectivity index (χ0n) is 16.0. The number of rotatable bonds is 7. The Balaban J connectivity index is 1.58. The number of fused-ring (bicyclic) bond motifs is 1. The Morgan fingerprint density at radius 3 is 2.76 bits per heavy atom. The Bertz CT molecular complexity index is 967. The number of carbonyl (C=O) groups is 2. The van der Waals surface area contributed by atoms with Gasteiger partial charge in [-0.2, -0.15) is 0 Å². The lowest BCUT2D eigenvalue weighted by molar-refractivity contribution is -0.131. The molecule has 1 saturated carbocycles. The van der Waals surface area contributed by atoms with Crippen LogP contribution in [0.5, 0.6) is 5.75 Å². The topological polar surface area (TPSA) is 118 Å². The smallest absolute Gasteiger partial charge is 0.355 e. The number of aliphatic hydroxyl groups excluding tert-OH is 1. The molecule has 1 aromatic heterocycles. The van der Waals surface area contributed by atoms with Gasteiger partial charge in [0.1, 0.15) is 22.4 Å². The third-order valence-corrected chi connectivity index (χ3v) is 5.41. The monoisotopic (exact) mass is 422 g/mol. The van der Waals surface area contributed by atoms with Gasteiger partial charge in [-0.3, -0.25) is 9.59 Å². The van der Waals surface area contributed by atoms with Crippen LogP contribution < -0.4 is 21.0 Å². The van der Waals surface area contributed by atoms with E-state index < -0.39 is 30.1 Å². The van der Waals surface area contributed by atoms with E-state index >= 15 is 0 Å². The number of aryl methyl sites for hydroxylation is 1. The van der Waals surface area contributed by atoms with Crippen LogP contribution in [0.3, 0.4) is 0 Å². The van der Waals surface area contributed by atoms with E-state index in [2.05, 4.69) is 10.6 Å². The van der Waals surface area contributed by atoms with E-state index in [1.165, 1.54) is 6.07 Å². The van der Waals surface area contributed by atoms with Crippen molar-refractivity contribution in [1.82, 2.24) is 10.6 Å². The van der Waals surface area contributed by atoms with Crippen LogP contribution in [0.15, 0.2) is 27.4 Å². The first-order chi connectivity index (χ1) is 13.9. The van der Waals surface area contributed by atoms with Crippen molar-refractivity contribution in [3.05, 3.63) is 39.2 Å². The molecule has 29 heavy (non-hydrogen) atoms. The summed E-state index contributed by atoms with van der Waals surface area (Å²) in [5.74, 6) is -0.652. The quantitative estimate of drug-likeness (QED) is 0.584. The fraction of sp³-hybridized carbons (Fsp3) is 0.450. The molecule has 9 heteroatoms. The Labute approximate surface area is 172 Å². The highest BCUT2D eigenvalue weighted by Crippen LogP contribution is 2.25. The van der Waals surface area contributed by atoms with Crippen LogP contribution in [0.1, 0.15) is 31.2 Å². The molecule has 1 aromatic carbocycles. The Morgan fingerprint density at radius 2 is 2.07 bits per heavy atom. The third kappa shape index (κ3) is 5.07. The summed E-state index contributed by atoms with van der Waals surface area (Å²) >= 11 is 5.90. The highest BCUT2D eigenvalue weighted by molar-refractivity contribution is 6.31. The SMILES string of the molecule is Cc1c(Cl)c(=O)oc2cc(OCC(=O)NC(CO)C(=O)NC3CCCC3)ccc12. The van der Waals surface area contributed by atoms with Crippen molar-refractivity contribution in [3.63, 3.8) is 0 Å². The molecule has 0 bridgehead atoms. The minimum atomic E-state index is -1.04. The van der Waals surface area contributed by atoms with Crippen molar-refractivity contribution in [2.24, 2.45) is 0 Å². The van der Waals surface area contributed by atoms with Crippen LogP contribution in [-0.2, 0) is 9.59 Å². The second-order valence-electron chi connectivity index (χ2n) is 7.07. The number of halogens is 1. The van der Waals surface area contributed by atoms with Crippen molar-refractivity contribution >= 4 is 34.4 Å². The summed E-state index contributed by atoms with van der Waals surface area (Å²) in [4.78, 5) is 36.0. The van der Waals surface area contributed by atoms with Gasteiger partial charge in [-0.1, -0.05) is 24.4 Å². The first kappa shape index (κ1) is 21.1. The number of hydrogen-bond donors (Lipinski definition) is 3. The predicted octanol–water partition coefficient (Wildman–Crippen LogP) is 1.67. The lowest BCUT2D eigenvalue weighted by Crippen LogP contribution is -2.51. The van der Waals surface area contributed by atoms with E-state index in [1.54, 1.807) is 19.1 Å². The summed E-state index contributed by atoms with van der Waals surface area (Å²) in [5.41, 5.74) is 0.242. The molecule has 0 aliphatic heterocycles. The van der Waals surface area contributed by atoms with Crippen LogP contribution in [-0.4, -0.2) is 42.2 Å². The standard InChI is InChI=1S/C20H23ClN2O6/c1-11-14-7-6-13(8-16(14)29-20(27)18(11)21)28-10-17(25)23-15(9-24)19(26)22-12-4-2-3-5-12/h6-8,12,15,24H,2-5,9-10H2,1H3,(H,22,26)(H,23,25). The molecule has 0 radical (unpaired) electrons. The number of benzene rings is 1. The zero-order valence-corrected chi connectivity index (χ0v) is 16.8. The van der Waals surface area contributed by atoms with E-state index in [-0.39, 0.29) is 17.7 Å². The van der Waals surface area contributed by atoms with Gasteiger partial charge in [0.05, 0.1) is 6.61 Å². The van der Waals surface area contributed by atoms with Gasteiger partial charge in [-0.25, -0.2) is 4.79 Å². The molecule has 1 unspecified atom stereocenters. The van der Waals surface area contributed by atoms with Crippen LogP contribution >= 0.6 is 11.6 Å². The van der Waals surface area contributed by atoms with Gasteiger partial charge in [0.25, 0.3) is 5.91 Å². The second-order valence-corrected chi connectivity index (χ2v) is 7.45. The Kier molecular flexibility index (Phi) is 6.76. The number of aliphatic hydroxyl groups is 1. The highest BCUT2D eigenvalue weighted by Gasteiger charge is 2.24. The second kappa shape index (κ2) is 9.28. The van der Waals surface area contributed by atoms with E-state index in [0.717, 1.165) is 25.7 Å². The molecule has 8 nitrogen and oxygen atoms in total. The minimum Gasteiger partial charge on any atom is -0.484 e. The van der Waals surface area contributed by atoms with Gasteiger partial charge in [-0.15, -0.1) is 0 Å². The van der Waals surface area contributed by atoms with Crippen LogP contribution in [0.2, 0.25) is 5.02 Å². The number of hydrogen-bond acceptors (Lipinski definition) is 6. The summed E-state index contributed by atoms with van der Waals surface area (Å²) in [7, 11) is 0. The van der Waals surface area contributed by atoms with Crippen molar-refractivity contribution in [2.45, 2.75) is 44.7 Å². The van der Waals surface area contributed by atoms with Crippen LogP contribution in [0, 0.1) is 6.92 Å². The molecule has 0 saturated heterocycles. The number of carbonyl (C=O) groups excluding carboxylic acids is 2. The normalized spacial score (nSPS) is 15.3. The van der Waals surface area contributed by atoms with Gasteiger partial charge in [-0.05, 0) is 37.5 Å². The lowest BCUT2D eigenvalue weighted by atomic mass is 10.1. The molecule has 3 N–H and O–H groups in total. The maximum Gasteiger partial charge on any atom is 0.355 e. The first-order valence-electron chi connectivity index (χ1n) is 9.45. The van der Waals surface area contributed by atoms with E-state index in [1.807, 2.05) is 0 Å². The van der Waals surface area contributed by atoms with Crippen molar-refractivity contribution in [3.8, 4) is 5.75 Å². The molecule has 1 aliphatic carbocycles.